The fourth-order valence-electron chi connectivity index (χ4n) is 2.64. The number of halogens is 1. The van der Waals surface area contributed by atoms with Crippen molar-refractivity contribution in [1.29, 1.82) is 0 Å². The molecule has 0 bridgehead atoms. The van der Waals surface area contributed by atoms with E-state index in [2.05, 4.69) is 29.4 Å². The van der Waals surface area contributed by atoms with Crippen LogP contribution in [0.25, 0.3) is 0 Å². The number of rotatable bonds is 4. The van der Waals surface area contributed by atoms with E-state index in [1.54, 1.807) is 11.3 Å². The molecule has 0 radical (unpaired) electrons. The highest BCUT2D eigenvalue weighted by atomic mass is 35.5. The Morgan fingerprint density at radius 1 is 1.43 bits per heavy atom. The van der Waals surface area contributed by atoms with E-state index in [-0.39, 0.29) is 6.04 Å². The van der Waals surface area contributed by atoms with Gasteiger partial charge in [-0.05, 0) is 49.0 Å². The molecular weight excluding hydrogens is 302 g/mol. The Morgan fingerprint density at radius 2 is 2.29 bits per heavy atom. The molecule has 0 spiro atoms. The zero-order valence-electron chi connectivity index (χ0n) is 11.9. The number of thiophene rings is 1. The Kier molecular flexibility index (Phi) is 4.29. The predicted octanol–water partition coefficient (Wildman–Crippen LogP) is 4.37. The average molecular weight is 320 g/mol. The SMILES string of the molecule is Cc1ccc(Cl)cc1N1N=C(CCN)CC1c1cccs1. The lowest BCUT2D eigenvalue weighted by molar-refractivity contribution is 0.718. The maximum atomic E-state index is 6.17. The Labute approximate surface area is 134 Å². The second kappa shape index (κ2) is 6.18. The molecule has 0 amide bonds. The summed E-state index contributed by atoms with van der Waals surface area (Å²) in [5.41, 5.74) is 9.11. The smallest absolute Gasteiger partial charge is 0.0920 e. The van der Waals surface area contributed by atoms with Gasteiger partial charge in [0.05, 0.1) is 11.7 Å². The van der Waals surface area contributed by atoms with Crippen LogP contribution in [0.4, 0.5) is 5.69 Å². The summed E-state index contributed by atoms with van der Waals surface area (Å²) in [5.74, 6) is 0. The summed E-state index contributed by atoms with van der Waals surface area (Å²) < 4.78 is 0. The van der Waals surface area contributed by atoms with Crippen molar-refractivity contribution in [2.45, 2.75) is 25.8 Å². The first-order valence-electron chi connectivity index (χ1n) is 7.04. The molecule has 0 saturated heterocycles. The minimum absolute atomic E-state index is 0.253. The van der Waals surface area contributed by atoms with E-state index in [4.69, 9.17) is 22.4 Å². The van der Waals surface area contributed by atoms with Crippen molar-refractivity contribution in [3.05, 3.63) is 51.2 Å². The molecule has 2 N–H and O–H groups in total. The third kappa shape index (κ3) is 2.98. The van der Waals surface area contributed by atoms with Crippen molar-refractivity contribution in [2.24, 2.45) is 10.8 Å². The van der Waals surface area contributed by atoms with E-state index in [9.17, 15) is 0 Å². The molecule has 0 saturated carbocycles. The van der Waals surface area contributed by atoms with E-state index < -0.39 is 0 Å². The number of nitrogens with zero attached hydrogens (tertiary/aromatic N) is 2. The number of hydrogen-bond donors (Lipinski definition) is 1. The fourth-order valence-corrected chi connectivity index (χ4v) is 3.62. The molecule has 110 valence electrons. The molecule has 2 heterocycles. The van der Waals surface area contributed by atoms with Crippen molar-refractivity contribution in [3.8, 4) is 0 Å². The van der Waals surface area contributed by atoms with Gasteiger partial charge in [-0.1, -0.05) is 23.7 Å². The predicted molar refractivity (Wildman–Crippen MR) is 91.5 cm³/mol. The van der Waals surface area contributed by atoms with E-state index in [1.165, 1.54) is 10.4 Å². The minimum atomic E-state index is 0.253. The van der Waals surface area contributed by atoms with Gasteiger partial charge in [0.15, 0.2) is 0 Å². The topological polar surface area (TPSA) is 41.6 Å². The molecule has 21 heavy (non-hydrogen) atoms. The summed E-state index contributed by atoms with van der Waals surface area (Å²) >= 11 is 7.94. The van der Waals surface area contributed by atoms with Crippen LogP contribution in [0, 0.1) is 6.92 Å². The van der Waals surface area contributed by atoms with Gasteiger partial charge in [-0.2, -0.15) is 5.10 Å². The molecule has 1 aliphatic heterocycles. The summed E-state index contributed by atoms with van der Waals surface area (Å²) in [6.45, 7) is 2.73. The molecule has 3 rings (SSSR count). The van der Waals surface area contributed by atoms with Gasteiger partial charge in [0.2, 0.25) is 0 Å². The molecule has 3 nitrogen and oxygen atoms in total. The number of hydrazone groups is 1. The van der Waals surface area contributed by atoms with Crippen molar-refractivity contribution < 1.29 is 0 Å². The van der Waals surface area contributed by atoms with E-state index in [1.807, 2.05) is 18.2 Å². The van der Waals surface area contributed by atoms with Gasteiger partial charge in [-0.15, -0.1) is 11.3 Å². The van der Waals surface area contributed by atoms with Gasteiger partial charge in [0, 0.05) is 22.0 Å². The van der Waals surface area contributed by atoms with Gasteiger partial charge in [0.1, 0.15) is 0 Å². The molecule has 1 unspecified atom stereocenters. The zero-order valence-corrected chi connectivity index (χ0v) is 13.5. The minimum Gasteiger partial charge on any atom is -0.330 e. The molecule has 1 aromatic heterocycles. The third-order valence-corrected chi connectivity index (χ3v) is 4.90. The van der Waals surface area contributed by atoms with Crippen LogP contribution in [0.15, 0.2) is 40.8 Å². The van der Waals surface area contributed by atoms with Crippen LogP contribution < -0.4 is 10.7 Å². The van der Waals surface area contributed by atoms with Crippen molar-refractivity contribution in [1.82, 2.24) is 0 Å². The molecule has 0 aliphatic carbocycles. The van der Waals surface area contributed by atoms with Crippen LogP contribution in [0.5, 0.6) is 0 Å². The normalized spacial score (nSPS) is 18.1. The molecule has 5 heteroatoms. The zero-order chi connectivity index (χ0) is 14.8. The summed E-state index contributed by atoms with van der Waals surface area (Å²) in [4.78, 5) is 1.32. The highest BCUT2D eigenvalue weighted by Crippen LogP contribution is 2.39. The van der Waals surface area contributed by atoms with Crippen LogP contribution in [-0.2, 0) is 0 Å². The monoisotopic (exact) mass is 319 g/mol. The summed E-state index contributed by atoms with van der Waals surface area (Å²) in [5, 5.41) is 9.76. The molecule has 1 atom stereocenters. The molecule has 1 aliphatic rings. The maximum absolute atomic E-state index is 6.17. The molecule has 0 fully saturated rings. The van der Waals surface area contributed by atoms with Gasteiger partial charge in [0.25, 0.3) is 0 Å². The van der Waals surface area contributed by atoms with Crippen LogP contribution in [-0.4, -0.2) is 12.3 Å². The molecule has 1 aromatic carbocycles. The summed E-state index contributed by atoms with van der Waals surface area (Å²) in [6, 6.07) is 10.5. The lowest BCUT2D eigenvalue weighted by Crippen LogP contribution is -2.18. The number of benzene rings is 1. The highest BCUT2D eigenvalue weighted by molar-refractivity contribution is 7.10. The van der Waals surface area contributed by atoms with Crippen molar-refractivity contribution >= 4 is 34.3 Å². The Hall–Kier alpha value is -1.36. The number of hydrogen-bond acceptors (Lipinski definition) is 4. The Balaban J connectivity index is 2.00. The van der Waals surface area contributed by atoms with Gasteiger partial charge >= 0.3 is 0 Å². The molecular formula is C16H18ClN3S. The van der Waals surface area contributed by atoms with E-state index in [0.29, 0.717) is 6.54 Å². The standard InChI is InChI=1S/C16H18ClN3S/c1-11-4-5-12(17)9-14(11)20-15(16-3-2-8-21-16)10-13(19-20)6-7-18/h2-5,8-9,15H,6-7,10,18H2,1H3. The fraction of sp³-hybridized carbons (Fsp3) is 0.312. The lowest BCUT2D eigenvalue weighted by atomic mass is 10.1. The van der Waals surface area contributed by atoms with E-state index in [0.717, 1.165) is 29.3 Å². The van der Waals surface area contributed by atoms with E-state index >= 15 is 0 Å². The van der Waals surface area contributed by atoms with Crippen molar-refractivity contribution in [2.75, 3.05) is 11.6 Å². The number of anilines is 1. The van der Waals surface area contributed by atoms with Gasteiger partial charge < -0.3 is 5.73 Å². The number of aryl methyl sites for hydroxylation is 1. The summed E-state index contributed by atoms with van der Waals surface area (Å²) in [6.07, 6.45) is 1.78. The van der Waals surface area contributed by atoms with Crippen LogP contribution >= 0.6 is 22.9 Å². The second-order valence-corrected chi connectivity index (χ2v) is 6.63. The largest absolute Gasteiger partial charge is 0.330 e. The third-order valence-electron chi connectivity index (χ3n) is 3.70. The first-order valence-corrected chi connectivity index (χ1v) is 8.30. The summed E-state index contributed by atoms with van der Waals surface area (Å²) in [7, 11) is 0. The lowest BCUT2D eigenvalue weighted by Gasteiger charge is -2.24. The van der Waals surface area contributed by atoms with Crippen LogP contribution in [0.2, 0.25) is 5.02 Å². The Bertz CT molecular complexity index is 652. The first-order chi connectivity index (χ1) is 10.2. The van der Waals surface area contributed by atoms with Crippen LogP contribution in [0.1, 0.15) is 29.3 Å². The number of nitrogens with two attached hydrogens (primary N) is 1. The second-order valence-electron chi connectivity index (χ2n) is 5.22. The average Bonchev–Trinajstić information content (AvgIpc) is 3.10. The highest BCUT2D eigenvalue weighted by Gasteiger charge is 2.30. The first kappa shape index (κ1) is 14.6. The van der Waals surface area contributed by atoms with Crippen molar-refractivity contribution in [3.63, 3.8) is 0 Å². The molecule has 2 aromatic rings. The van der Waals surface area contributed by atoms with Gasteiger partial charge in [-0.25, -0.2) is 0 Å². The quantitative estimate of drug-likeness (QED) is 0.909. The van der Waals surface area contributed by atoms with Gasteiger partial charge in [-0.3, -0.25) is 5.01 Å². The Morgan fingerprint density at radius 3 is 3.00 bits per heavy atom. The maximum Gasteiger partial charge on any atom is 0.0920 e. The van der Waals surface area contributed by atoms with Crippen LogP contribution in [0.3, 0.4) is 0 Å².